The van der Waals surface area contributed by atoms with Crippen LogP contribution in [0.4, 0.5) is 0 Å². The number of methoxy groups -OCH3 is 2. The first-order valence-corrected chi connectivity index (χ1v) is 7.91. The van der Waals surface area contributed by atoms with E-state index >= 15 is 0 Å². The number of hydrogen-bond donors (Lipinski definition) is 0. The van der Waals surface area contributed by atoms with E-state index in [-0.39, 0.29) is 21.4 Å². The smallest absolute Gasteiger partial charge is 0.330 e. The van der Waals surface area contributed by atoms with Crippen LogP contribution in [-0.4, -0.2) is 42.2 Å². The van der Waals surface area contributed by atoms with Crippen molar-refractivity contribution in [2.24, 2.45) is 0 Å². The average molecular weight is 260 g/mol. The van der Waals surface area contributed by atoms with Crippen LogP contribution in [0.5, 0.6) is 0 Å². The van der Waals surface area contributed by atoms with Crippen LogP contribution in [0.1, 0.15) is 25.7 Å². The standard InChI is InChI=1S/C12H24O4Si/c1-4-11(13)16-9-7-5-6-8-10-17-12(14-2)15-3/h4,12H,1,5-10,17H2,2-3H3. The van der Waals surface area contributed by atoms with Gasteiger partial charge < -0.3 is 14.2 Å². The van der Waals surface area contributed by atoms with E-state index < -0.39 is 0 Å². The number of unbranched alkanes of at least 4 members (excludes halogenated alkanes) is 3. The minimum atomic E-state index is -0.333. The summed E-state index contributed by atoms with van der Waals surface area (Å²) in [4.78, 5) is 10.7. The number of esters is 1. The molecule has 0 atom stereocenters. The van der Waals surface area contributed by atoms with Crippen LogP contribution in [0.2, 0.25) is 6.04 Å². The second kappa shape index (κ2) is 11.8. The van der Waals surface area contributed by atoms with E-state index in [1.165, 1.54) is 25.0 Å². The number of carbonyl (C=O) groups is 1. The minimum absolute atomic E-state index is 0.0588. The Kier molecular flexibility index (Phi) is 11.4. The molecule has 0 aliphatic heterocycles. The van der Waals surface area contributed by atoms with Crippen LogP contribution < -0.4 is 0 Å². The number of hydrogen-bond acceptors (Lipinski definition) is 4. The second-order valence-corrected chi connectivity index (χ2v) is 5.78. The predicted octanol–water partition coefficient (Wildman–Crippen LogP) is 1.44. The lowest BCUT2D eigenvalue weighted by molar-refractivity contribution is -0.137. The largest absolute Gasteiger partial charge is 0.463 e. The molecule has 17 heavy (non-hydrogen) atoms. The molecule has 0 bridgehead atoms. The van der Waals surface area contributed by atoms with Crippen LogP contribution in [-0.2, 0) is 19.0 Å². The zero-order valence-electron chi connectivity index (χ0n) is 10.9. The first kappa shape index (κ1) is 16.3. The van der Waals surface area contributed by atoms with Gasteiger partial charge in [0.2, 0.25) is 0 Å². The van der Waals surface area contributed by atoms with Gasteiger partial charge in [0.25, 0.3) is 0 Å². The summed E-state index contributed by atoms with van der Waals surface area (Å²) in [6.45, 7) is 3.84. The highest BCUT2D eigenvalue weighted by atomic mass is 28.2. The molecule has 0 unspecified atom stereocenters. The van der Waals surface area contributed by atoms with Gasteiger partial charge in [0.05, 0.1) is 16.1 Å². The van der Waals surface area contributed by atoms with E-state index in [1.807, 2.05) is 0 Å². The molecule has 0 heterocycles. The summed E-state index contributed by atoms with van der Waals surface area (Å²) in [6.07, 6.45) is 5.62. The second-order valence-electron chi connectivity index (χ2n) is 3.83. The summed E-state index contributed by atoms with van der Waals surface area (Å²) in [5.41, 5.74) is 0. The lowest BCUT2D eigenvalue weighted by atomic mass is 10.2. The highest BCUT2D eigenvalue weighted by Gasteiger charge is 2.04. The topological polar surface area (TPSA) is 44.8 Å². The van der Waals surface area contributed by atoms with Crippen molar-refractivity contribution in [3.05, 3.63) is 12.7 Å². The Bertz CT molecular complexity index is 205. The van der Waals surface area contributed by atoms with Gasteiger partial charge in [-0.05, 0) is 6.42 Å². The Morgan fingerprint density at radius 1 is 1.24 bits per heavy atom. The van der Waals surface area contributed by atoms with Gasteiger partial charge >= 0.3 is 5.97 Å². The molecule has 0 N–H and O–H groups in total. The molecule has 0 saturated carbocycles. The number of ether oxygens (including phenoxy) is 3. The minimum Gasteiger partial charge on any atom is -0.463 e. The van der Waals surface area contributed by atoms with E-state index in [9.17, 15) is 4.79 Å². The lowest BCUT2D eigenvalue weighted by Crippen LogP contribution is -2.20. The van der Waals surface area contributed by atoms with Crippen LogP contribution in [0.15, 0.2) is 12.7 Å². The highest BCUT2D eigenvalue weighted by molar-refractivity contribution is 6.36. The van der Waals surface area contributed by atoms with Gasteiger partial charge in [-0.1, -0.05) is 31.9 Å². The zero-order valence-corrected chi connectivity index (χ0v) is 12.4. The Morgan fingerprint density at radius 3 is 2.47 bits per heavy atom. The third-order valence-electron chi connectivity index (χ3n) is 2.52. The summed E-state index contributed by atoms with van der Waals surface area (Å²) < 4.78 is 15.2. The van der Waals surface area contributed by atoms with Gasteiger partial charge in [0.15, 0.2) is 0 Å². The van der Waals surface area contributed by atoms with Gasteiger partial charge in [-0.25, -0.2) is 4.79 Å². The number of carbonyl (C=O) groups excluding carboxylic acids is 1. The predicted molar refractivity (Wildman–Crippen MR) is 70.8 cm³/mol. The van der Waals surface area contributed by atoms with Crippen LogP contribution in [0, 0.1) is 0 Å². The molecule has 0 aliphatic rings. The molecule has 0 spiro atoms. The summed E-state index contributed by atoms with van der Waals surface area (Å²) in [5.74, 6) is -0.274. The van der Waals surface area contributed by atoms with E-state index in [1.54, 1.807) is 14.2 Å². The first-order valence-electron chi connectivity index (χ1n) is 6.09. The van der Waals surface area contributed by atoms with Gasteiger partial charge in [0.1, 0.15) is 5.91 Å². The quantitative estimate of drug-likeness (QED) is 0.185. The molecular formula is C12H24O4Si. The average Bonchev–Trinajstić information content (AvgIpc) is 2.36. The van der Waals surface area contributed by atoms with Crippen LogP contribution in [0.25, 0.3) is 0 Å². The molecule has 0 amide bonds. The van der Waals surface area contributed by atoms with Gasteiger partial charge in [0, 0.05) is 20.3 Å². The molecule has 0 fully saturated rings. The Morgan fingerprint density at radius 2 is 1.88 bits per heavy atom. The van der Waals surface area contributed by atoms with Crippen LogP contribution in [0.3, 0.4) is 0 Å². The molecule has 4 nitrogen and oxygen atoms in total. The SMILES string of the molecule is C=CC(=O)OCCCCCC[SiH2]C(OC)OC. The van der Waals surface area contributed by atoms with Crippen molar-refractivity contribution < 1.29 is 19.0 Å². The van der Waals surface area contributed by atoms with E-state index in [0.717, 1.165) is 12.8 Å². The molecule has 0 saturated heterocycles. The number of rotatable bonds is 11. The molecule has 0 radical (unpaired) electrons. The van der Waals surface area contributed by atoms with Crippen molar-refractivity contribution in [2.75, 3.05) is 20.8 Å². The van der Waals surface area contributed by atoms with Crippen molar-refractivity contribution in [1.82, 2.24) is 0 Å². The Labute approximate surface area is 106 Å². The molecule has 100 valence electrons. The highest BCUT2D eigenvalue weighted by Crippen LogP contribution is 2.05. The van der Waals surface area contributed by atoms with Crippen LogP contribution >= 0.6 is 0 Å². The van der Waals surface area contributed by atoms with Gasteiger partial charge in [-0.3, -0.25) is 0 Å². The molecule has 0 aromatic heterocycles. The van der Waals surface area contributed by atoms with E-state index in [0.29, 0.717) is 6.61 Å². The van der Waals surface area contributed by atoms with Crippen molar-refractivity contribution in [1.29, 1.82) is 0 Å². The normalized spacial score (nSPS) is 11.2. The molecule has 5 heteroatoms. The van der Waals surface area contributed by atoms with E-state index in [2.05, 4.69) is 6.58 Å². The fourth-order valence-electron chi connectivity index (χ4n) is 1.51. The van der Waals surface area contributed by atoms with Gasteiger partial charge in [-0.15, -0.1) is 0 Å². The maximum absolute atomic E-state index is 10.7. The Balaban J connectivity index is 3.18. The summed E-state index contributed by atoms with van der Waals surface area (Å²) in [6, 6.07) is 1.23. The third kappa shape index (κ3) is 10.2. The summed E-state index contributed by atoms with van der Waals surface area (Å²) >= 11 is 0. The fourth-order valence-corrected chi connectivity index (χ4v) is 2.95. The molecular weight excluding hydrogens is 236 g/mol. The molecule has 0 rings (SSSR count). The first-order chi connectivity index (χ1) is 8.24. The lowest BCUT2D eigenvalue weighted by Gasteiger charge is -2.12. The summed E-state index contributed by atoms with van der Waals surface area (Å²) in [5, 5.41) is 0. The third-order valence-corrected chi connectivity index (χ3v) is 4.57. The maximum Gasteiger partial charge on any atom is 0.330 e. The molecule has 0 aliphatic carbocycles. The summed E-state index contributed by atoms with van der Waals surface area (Å²) in [7, 11) is 3.11. The van der Waals surface area contributed by atoms with E-state index in [4.69, 9.17) is 14.2 Å². The van der Waals surface area contributed by atoms with Crippen molar-refractivity contribution in [2.45, 2.75) is 37.6 Å². The molecule has 0 aromatic rings. The fraction of sp³-hybridized carbons (Fsp3) is 0.750. The zero-order chi connectivity index (χ0) is 12.9. The Hall–Kier alpha value is -0.653. The van der Waals surface area contributed by atoms with Crippen molar-refractivity contribution in [3.8, 4) is 0 Å². The molecule has 0 aromatic carbocycles. The van der Waals surface area contributed by atoms with Crippen molar-refractivity contribution in [3.63, 3.8) is 0 Å². The maximum atomic E-state index is 10.7. The van der Waals surface area contributed by atoms with Gasteiger partial charge in [-0.2, -0.15) is 0 Å². The van der Waals surface area contributed by atoms with Crippen molar-refractivity contribution >= 4 is 15.5 Å². The monoisotopic (exact) mass is 260 g/mol.